The summed E-state index contributed by atoms with van der Waals surface area (Å²) in [6.45, 7) is 5.14. The lowest BCUT2D eigenvalue weighted by atomic mass is 10.1. The maximum atomic E-state index is 5.91. The zero-order valence-electron chi connectivity index (χ0n) is 11.1. The second-order valence-corrected chi connectivity index (χ2v) is 4.87. The van der Waals surface area contributed by atoms with Gasteiger partial charge in [-0.2, -0.15) is 0 Å². The fraction of sp³-hybridized carbons (Fsp3) is 0.692. The minimum absolute atomic E-state index is 0.352. The van der Waals surface area contributed by atoms with E-state index in [1.165, 1.54) is 6.42 Å². The van der Waals surface area contributed by atoms with Crippen molar-refractivity contribution in [1.82, 2.24) is 9.97 Å². The Balaban J connectivity index is 1.94. The van der Waals surface area contributed by atoms with Crippen LogP contribution in [0.25, 0.3) is 0 Å². The summed E-state index contributed by atoms with van der Waals surface area (Å²) in [6.07, 6.45) is 6.08. The molecule has 0 radical (unpaired) electrons. The van der Waals surface area contributed by atoms with Crippen LogP contribution in [0.4, 0.5) is 11.6 Å². The van der Waals surface area contributed by atoms with Crippen LogP contribution >= 0.6 is 0 Å². The standard InChI is InChI=1S/C13H23N5/c1-2-3-6-15-12-9-13(17-10-16-12)18-7-4-11(14)5-8-18/h9-11H,2-8,14H2,1H3,(H,15,16,17). The number of hydrogen-bond acceptors (Lipinski definition) is 5. The van der Waals surface area contributed by atoms with E-state index in [0.29, 0.717) is 6.04 Å². The normalized spacial score (nSPS) is 16.9. The third-order valence-electron chi connectivity index (χ3n) is 3.35. The summed E-state index contributed by atoms with van der Waals surface area (Å²) in [4.78, 5) is 10.9. The van der Waals surface area contributed by atoms with Crippen molar-refractivity contribution < 1.29 is 0 Å². The second-order valence-electron chi connectivity index (χ2n) is 4.87. The molecule has 1 fully saturated rings. The largest absolute Gasteiger partial charge is 0.370 e. The van der Waals surface area contributed by atoms with E-state index in [4.69, 9.17) is 5.73 Å². The van der Waals surface area contributed by atoms with Crippen molar-refractivity contribution in [2.24, 2.45) is 5.73 Å². The fourth-order valence-electron chi connectivity index (χ4n) is 2.14. The molecule has 0 aromatic carbocycles. The van der Waals surface area contributed by atoms with Crippen LogP contribution in [-0.4, -0.2) is 35.6 Å². The van der Waals surface area contributed by atoms with Crippen molar-refractivity contribution in [2.45, 2.75) is 38.6 Å². The van der Waals surface area contributed by atoms with Gasteiger partial charge in [-0.3, -0.25) is 0 Å². The molecule has 0 bridgehead atoms. The number of aromatic nitrogens is 2. The highest BCUT2D eigenvalue weighted by atomic mass is 15.2. The molecule has 0 aliphatic carbocycles. The van der Waals surface area contributed by atoms with Crippen LogP contribution < -0.4 is 16.0 Å². The molecule has 0 saturated carbocycles. The Kier molecular flexibility index (Phi) is 4.75. The summed E-state index contributed by atoms with van der Waals surface area (Å²) < 4.78 is 0. The minimum Gasteiger partial charge on any atom is -0.370 e. The number of nitrogens with zero attached hydrogens (tertiary/aromatic N) is 3. The molecule has 5 heteroatoms. The number of hydrogen-bond donors (Lipinski definition) is 2. The Morgan fingerprint density at radius 3 is 2.89 bits per heavy atom. The Bertz CT molecular complexity index is 360. The van der Waals surface area contributed by atoms with E-state index in [1.54, 1.807) is 6.33 Å². The molecule has 1 aromatic rings. The molecule has 18 heavy (non-hydrogen) atoms. The highest BCUT2D eigenvalue weighted by molar-refractivity contribution is 5.48. The average Bonchev–Trinajstić information content (AvgIpc) is 2.40. The van der Waals surface area contributed by atoms with Crippen LogP contribution in [0.2, 0.25) is 0 Å². The van der Waals surface area contributed by atoms with Gasteiger partial charge in [0.2, 0.25) is 0 Å². The topological polar surface area (TPSA) is 67.1 Å². The predicted molar refractivity (Wildman–Crippen MR) is 74.9 cm³/mol. The van der Waals surface area contributed by atoms with Crippen molar-refractivity contribution in [3.05, 3.63) is 12.4 Å². The van der Waals surface area contributed by atoms with E-state index in [2.05, 4.69) is 27.1 Å². The molecule has 1 aliphatic heterocycles. The van der Waals surface area contributed by atoms with Crippen LogP contribution in [0.1, 0.15) is 32.6 Å². The van der Waals surface area contributed by atoms with E-state index in [9.17, 15) is 0 Å². The molecule has 0 spiro atoms. The van der Waals surface area contributed by atoms with Gasteiger partial charge in [0.05, 0.1) is 0 Å². The lowest BCUT2D eigenvalue weighted by Crippen LogP contribution is -2.40. The number of nitrogens with two attached hydrogens (primary N) is 1. The van der Waals surface area contributed by atoms with Crippen LogP contribution in [0, 0.1) is 0 Å². The first-order chi connectivity index (χ1) is 8.79. The van der Waals surface area contributed by atoms with Crippen LogP contribution in [-0.2, 0) is 0 Å². The van der Waals surface area contributed by atoms with Gasteiger partial charge in [-0.25, -0.2) is 9.97 Å². The van der Waals surface area contributed by atoms with Gasteiger partial charge in [-0.15, -0.1) is 0 Å². The number of anilines is 2. The average molecular weight is 249 g/mol. The number of piperidine rings is 1. The molecule has 2 heterocycles. The zero-order valence-corrected chi connectivity index (χ0v) is 11.1. The summed E-state index contributed by atoms with van der Waals surface area (Å²) in [7, 11) is 0. The molecule has 3 N–H and O–H groups in total. The second kappa shape index (κ2) is 6.54. The van der Waals surface area contributed by atoms with Crippen LogP contribution in [0.5, 0.6) is 0 Å². The molecule has 0 atom stereocenters. The van der Waals surface area contributed by atoms with Crippen LogP contribution in [0.15, 0.2) is 12.4 Å². The van der Waals surface area contributed by atoms with Crippen LogP contribution in [0.3, 0.4) is 0 Å². The maximum absolute atomic E-state index is 5.91. The molecule has 1 aliphatic rings. The third-order valence-corrected chi connectivity index (χ3v) is 3.35. The molecule has 100 valence electrons. The Hall–Kier alpha value is -1.36. The quantitative estimate of drug-likeness (QED) is 0.776. The highest BCUT2D eigenvalue weighted by Crippen LogP contribution is 2.18. The van der Waals surface area contributed by atoms with Crippen molar-refractivity contribution in [3.8, 4) is 0 Å². The highest BCUT2D eigenvalue weighted by Gasteiger charge is 2.17. The van der Waals surface area contributed by atoms with E-state index >= 15 is 0 Å². The van der Waals surface area contributed by atoms with Crippen molar-refractivity contribution in [2.75, 3.05) is 29.9 Å². The molecule has 1 aromatic heterocycles. The summed E-state index contributed by atoms with van der Waals surface area (Å²) in [6, 6.07) is 2.39. The van der Waals surface area contributed by atoms with E-state index < -0.39 is 0 Å². The summed E-state index contributed by atoms with van der Waals surface area (Å²) >= 11 is 0. The zero-order chi connectivity index (χ0) is 12.8. The lowest BCUT2D eigenvalue weighted by molar-refractivity contribution is 0.498. The van der Waals surface area contributed by atoms with Crippen molar-refractivity contribution in [1.29, 1.82) is 0 Å². The summed E-state index contributed by atoms with van der Waals surface area (Å²) in [5.41, 5.74) is 5.91. The van der Waals surface area contributed by atoms with Crippen molar-refractivity contribution >= 4 is 11.6 Å². The summed E-state index contributed by atoms with van der Waals surface area (Å²) in [5.74, 6) is 1.93. The van der Waals surface area contributed by atoms with E-state index in [1.807, 2.05) is 6.07 Å². The molecular formula is C13H23N5. The van der Waals surface area contributed by atoms with Gasteiger partial charge in [0.1, 0.15) is 18.0 Å². The first-order valence-corrected chi connectivity index (χ1v) is 6.86. The minimum atomic E-state index is 0.352. The monoisotopic (exact) mass is 249 g/mol. The smallest absolute Gasteiger partial charge is 0.134 e. The van der Waals surface area contributed by atoms with Gasteiger partial charge in [0.15, 0.2) is 0 Å². The van der Waals surface area contributed by atoms with Gasteiger partial charge in [0.25, 0.3) is 0 Å². The molecular weight excluding hydrogens is 226 g/mol. The SMILES string of the molecule is CCCCNc1cc(N2CCC(N)CC2)ncn1. The number of nitrogens with one attached hydrogen (secondary N) is 1. The number of rotatable bonds is 5. The maximum Gasteiger partial charge on any atom is 0.134 e. The molecule has 0 amide bonds. The Morgan fingerprint density at radius 1 is 1.39 bits per heavy atom. The van der Waals surface area contributed by atoms with Gasteiger partial charge in [-0.1, -0.05) is 13.3 Å². The van der Waals surface area contributed by atoms with E-state index in [0.717, 1.165) is 50.5 Å². The van der Waals surface area contributed by atoms with E-state index in [-0.39, 0.29) is 0 Å². The van der Waals surface area contributed by atoms with Gasteiger partial charge in [-0.05, 0) is 19.3 Å². The molecule has 2 rings (SSSR count). The van der Waals surface area contributed by atoms with Gasteiger partial charge < -0.3 is 16.0 Å². The lowest BCUT2D eigenvalue weighted by Gasteiger charge is -2.31. The van der Waals surface area contributed by atoms with Gasteiger partial charge >= 0.3 is 0 Å². The first kappa shape index (κ1) is 13.1. The number of unbranched alkanes of at least 4 members (excludes halogenated alkanes) is 1. The fourth-order valence-corrected chi connectivity index (χ4v) is 2.14. The Labute approximate surface area is 109 Å². The third kappa shape index (κ3) is 3.57. The summed E-state index contributed by atoms with van der Waals surface area (Å²) in [5, 5.41) is 3.33. The molecule has 1 saturated heterocycles. The van der Waals surface area contributed by atoms with Crippen molar-refractivity contribution in [3.63, 3.8) is 0 Å². The predicted octanol–water partition coefficient (Wildman–Crippen LogP) is 1.62. The van der Waals surface area contributed by atoms with Gasteiger partial charge in [0, 0.05) is 31.7 Å². The molecule has 5 nitrogen and oxygen atoms in total. The first-order valence-electron chi connectivity index (χ1n) is 6.86. The Morgan fingerprint density at radius 2 is 2.17 bits per heavy atom. The molecule has 0 unspecified atom stereocenters.